The van der Waals surface area contributed by atoms with E-state index in [0.717, 1.165) is 24.2 Å². The number of pyridine rings is 1. The van der Waals surface area contributed by atoms with Crippen LogP contribution in [0.4, 0.5) is 11.4 Å². The third kappa shape index (κ3) is 2.96. The average Bonchev–Trinajstić information content (AvgIpc) is 2.95. The van der Waals surface area contributed by atoms with E-state index in [4.69, 9.17) is 9.47 Å². The summed E-state index contributed by atoms with van der Waals surface area (Å²) in [5.74, 6) is 0.495. The van der Waals surface area contributed by atoms with Gasteiger partial charge in [-0.05, 0) is 36.2 Å². The molecule has 0 radical (unpaired) electrons. The lowest BCUT2D eigenvalue weighted by Gasteiger charge is -2.14. The van der Waals surface area contributed by atoms with Crippen LogP contribution in [0.2, 0.25) is 0 Å². The predicted octanol–water partition coefficient (Wildman–Crippen LogP) is 1.89. The van der Waals surface area contributed by atoms with Gasteiger partial charge in [0, 0.05) is 25.3 Å². The van der Waals surface area contributed by atoms with Crippen molar-refractivity contribution in [2.75, 3.05) is 37.4 Å². The lowest BCUT2D eigenvalue weighted by molar-refractivity contribution is 0.366. The number of aromatic nitrogens is 1. The molecule has 7 nitrogen and oxygen atoms in total. The zero-order valence-electron chi connectivity index (χ0n) is 13.7. The number of likely N-dealkylation sites (N-methyl/N-ethyl adjacent to an activating group) is 1. The van der Waals surface area contributed by atoms with Crippen molar-refractivity contribution in [2.45, 2.75) is 11.3 Å². The Morgan fingerprint density at radius 3 is 2.67 bits per heavy atom. The second-order valence-electron chi connectivity index (χ2n) is 5.48. The molecular weight excluding hydrogens is 330 g/mol. The van der Waals surface area contributed by atoms with Crippen LogP contribution in [0.15, 0.2) is 35.2 Å². The number of hydrogen-bond acceptors (Lipinski definition) is 6. The molecule has 1 aliphatic rings. The van der Waals surface area contributed by atoms with Gasteiger partial charge >= 0.3 is 0 Å². The third-order valence-electron chi connectivity index (χ3n) is 3.97. The zero-order valence-corrected chi connectivity index (χ0v) is 14.6. The molecule has 0 amide bonds. The van der Waals surface area contributed by atoms with E-state index in [2.05, 4.69) is 14.6 Å². The maximum Gasteiger partial charge on any atom is 0.262 e. The van der Waals surface area contributed by atoms with Crippen LogP contribution in [-0.4, -0.2) is 41.2 Å². The highest BCUT2D eigenvalue weighted by atomic mass is 32.2. The van der Waals surface area contributed by atoms with Crippen molar-refractivity contribution in [3.63, 3.8) is 0 Å². The molecule has 128 valence electrons. The van der Waals surface area contributed by atoms with Crippen molar-refractivity contribution in [3.05, 3.63) is 35.9 Å². The Morgan fingerprint density at radius 2 is 1.96 bits per heavy atom. The predicted molar refractivity (Wildman–Crippen MR) is 91.6 cm³/mol. The van der Waals surface area contributed by atoms with Crippen LogP contribution in [0.1, 0.15) is 5.56 Å². The van der Waals surface area contributed by atoms with Gasteiger partial charge in [0.15, 0.2) is 0 Å². The molecule has 0 unspecified atom stereocenters. The molecule has 0 atom stereocenters. The van der Waals surface area contributed by atoms with Gasteiger partial charge in [-0.1, -0.05) is 0 Å². The largest absolute Gasteiger partial charge is 0.481 e. The van der Waals surface area contributed by atoms with Crippen molar-refractivity contribution in [1.82, 2.24) is 4.98 Å². The third-order valence-corrected chi connectivity index (χ3v) is 5.33. The van der Waals surface area contributed by atoms with E-state index in [1.807, 2.05) is 13.1 Å². The first kappa shape index (κ1) is 16.4. The molecule has 0 fully saturated rings. The number of nitrogens with one attached hydrogen (secondary N) is 1. The highest BCUT2D eigenvalue weighted by Gasteiger charge is 2.22. The van der Waals surface area contributed by atoms with Gasteiger partial charge < -0.3 is 14.4 Å². The Labute approximate surface area is 141 Å². The molecule has 1 aromatic carbocycles. The summed E-state index contributed by atoms with van der Waals surface area (Å²) in [4.78, 5) is 6.40. The molecule has 24 heavy (non-hydrogen) atoms. The second-order valence-corrected chi connectivity index (χ2v) is 7.16. The molecular formula is C16H19N3O4S. The van der Waals surface area contributed by atoms with Crippen molar-refractivity contribution in [3.8, 4) is 11.8 Å². The van der Waals surface area contributed by atoms with Crippen LogP contribution >= 0.6 is 0 Å². The fourth-order valence-electron chi connectivity index (χ4n) is 2.68. The Hall–Kier alpha value is -2.48. The summed E-state index contributed by atoms with van der Waals surface area (Å²) in [6, 6.07) is 8.28. The Bertz CT molecular complexity index is 868. The van der Waals surface area contributed by atoms with E-state index >= 15 is 0 Å². The molecule has 2 aromatic rings. The Morgan fingerprint density at radius 1 is 1.17 bits per heavy atom. The highest BCUT2D eigenvalue weighted by molar-refractivity contribution is 7.92. The van der Waals surface area contributed by atoms with Gasteiger partial charge in [0.05, 0.1) is 19.1 Å². The number of ether oxygens (including phenoxy) is 2. The van der Waals surface area contributed by atoms with Crippen molar-refractivity contribution in [1.29, 1.82) is 0 Å². The molecule has 8 heteroatoms. The topological polar surface area (TPSA) is 80.8 Å². The molecule has 0 bridgehead atoms. The van der Waals surface area contributed by atoms with Gasteiger partial charge in [0.1, 0.15) is 5.69 Å². The van der Waals surface area contributed by atoms with Gasteiger partial charge in [-0.25, -0.2) is 8.42 Å². The lowest BCUT2D eigenvalue weighted by atomic mass is 10.2. The normalized spacial score (nSPS) is 13.5. The average molecular weight is 349 g/mol. The number of hydrogen-bond donors (Lipinski definition) is 1. The van der Waals surface area contributed by atoms with Gasteiger partial charge in [0.25, 0.3) is 10.0 Å². The molecule has 3 rings (SSSR count). The van der Waals surface area contributed by atoms with Crippen LogP contribution in [0.3, 0.4) is 0 Å². The van der Waals surface area contributed by atoms with E-state index in [1.54, 1.807) is 24.3 Å². The fourth-order valence-corrected chi connectivity index (χ4v) is 3.79. The second kappa shape index (κ2) is 6.20. The summed E-state index contributed by atoms with van der Waals surface area (Å²) >= 11 is 0. The number of rotatable bonds is 5. The van der Waals surface area contributed by atoms with Gasteiger partial charge in [0.2, 0.25) is 11.8 Å². The van der Waals surface area contributed by atoms with E-state index in [-0.39, 0.29) is 16.5 Å². The molecule has 1 aromatic heterocycles. The van der Waals surface area contributed by atoms with Gasteiger partial charge in [-0.2, -0.15) is 4.98 Å². The minimum atomic E-state index is -3.73. The Kier molecular flexibility index (Phi) is 4.23. The monoisotopic (exact) mass is 349 g/mol. The van der Waals surface area contributed by atoms with Crippen molar-refractivity contribution in [2.24, 2.45) is 0 Å². The summed E-state index contributed by atoms with van der Waals surface area (Å²) in [6.45, 7) is 0.891. The van der Waals surface area contributed by atoms with Crippen LogP contribution in [0, 0.1) is 0 Å². The van der Waals surface area contributed by atoms with E-state index in [1.165, 1.54) is 14.2 Å². The first-order valence-electron chi connectivity index (χ1n) is 7.40. The summed E-state index contributed by atoms with van der Waals surface area (Å²) in [6.07, 6.45) is 0.836. The number of anilines is 2. The van der Waals surface area contributed by atoms with Crippen molar-refractivity contribution >= 4 is 21.4 Å². The van der Waals surface area contributed by atoms with Crippen LogP contribution in [0.5, 0.6) is 11.8 Å². The van der Waals surface area contributed by atoms with Gasteiger partial charge in [-0.3, -0.25) is 4.72 Å². The molecule has 1 N–H and O–H groups in total. The minimum absolute atomic E-state index is 0.152. The molecule has 0 saturated heterocycles. The van der Waals surface area contributed by atoms with Crippen LogP contribution in [0.25, 0.3) is 0 Å². The summed E-state index contributed by atoms with van der Waals surface area (Å²) in [5.41, 5.74) is 2.36. The maximum atomic E-state index is 12.7. The molecule has 0 saturated carbocycles. The van der Waals surface area contributed by atoms with Crippen LogP contribution in [-0.2, 0) is 16.4 Å². The standard InChI is InChI=1S/C16H19N3O4S/c1-19-9-8-11-10-12(4-6-14(11)19)24(20,21)18-13-5-7-15(22-2)17-16(13)23-3/h4-7,10,18H,8-9H2,1-3H3. The van der Waals surface area contributed by atoms with Crippen LogP contribution < -0.4 is 19.1 Å². The van der Waals surface area contributed by atoms with E-state index in [9.17, 15) is 8.42 Å². The van der Waals surface area contributed by atoms with E-state index < -0.39 is 10.0 Å². The number of benzene rings is 1. The number of fused-ring (bicyclic) bond motifs is 1. The first-order chi connectivity index (χ1) is 11.4. The minimum Gasteiger partial charge on any atom is -0.481 e. The lowest BCUT2D eigenvalue weighted by Crippen LogP contribution is -2.15. The molecule has 0 aliphatic carbocycles. The summed E-state index contributed by atoms with van der Waals surface area (Å²) in [7, 11) is 1.16. The number of methoxy groups -OCH3 is 2. The molecule has 1 aliphatic heterocycles. The smallest absolute Gasteiger partial charge is 0.262 e. The van der Waals surface area contributed by atoms with E-state index in [0.29, 0.717) is 5.88 Å². The summed E-state index contributed by atoms with van der Waals surface area (Å²) < 4.78 is 38.0. The first-order valence-corrected chi connectivity index (χ1v) is 8.89. The summed E-state index contributed by atoms with van der Waals surface area (Å²) in [5, 5.41) is 0. The zero-order chi connectivity index (χ0) is 17.3. The maximum absolute atomic E-state index is 12.7. The molecule has 2 heterocycles. The quantitative estimate of drug-likeness (QED) is 0.888. The highest BCUT2D eigenvalue weighted by Crippen LogP contribution is 2.31. The number of nitrogens with zero attached hydrogens (tertiary/aromatic N) is 2. The molecule has 0 spiro atoms. The SMILES string of the molecule is COc1ccc(NS(=O)(=O)c2ccc3c(c2)CCN3C)c(OC)n1. The van der Waals surface area contributed by atoms with Crippen molar-refractivity contribution < 1.29 is 17.9 Å². The van der Waals surface area contributed by atoms with Gasteiger partial charge in [-0.15, -0.1) is 0 Å². The fraction of sp³-hybridized carbons (Fsp3) is 0.312. The Balaban J connectivity index is 1.92. The number of sulfonamides is 1.